The molecule has 1 saturated heterocycles. The van der Waals surface area contributed by atoms with Crippen LogP contribution in [0.4, 0.5) is 11.4 Å². The molecule has 0 aliphatic carbocycles. The van der Waals surface area contributed by atoms with E-state index in [0.717, 1.165) is 77.6 Å². The topological polar surface area (TPSA) is 79.4 Å². The van der Waals surface area contributed by atoms with Gasteiger partial charge in [-0.15, -0.1) is 0 Å². The molecule has 39 heavy (non-hydrogen) atoms. The Morgan fingerprint density at radius 2 is 1.77 bits per heavy atom. The summed E-state index contributed by atoms with van der Waals surface area (Å²) in [6.45, 7) is 2.72. The molecule has 0 bridgehead atoms. The number of nitrogens with one attached hydrogen (secondary N) is 1. The Morgan fingerprint density at radius 1 is 1.05 bits per heavy atom. The molecule has 3 aromatic carbocycles. The van der Waals surface area contributed by atoms with Gasteiger partial charge in [0.1, 0.15) is 5.82 Å². The van der Waals surface area contributed by atoms with E-state index in [1.54, 1.807) is 4.90 Å². The van der Waals surface area contributed by atoms with Crippen LogP contribution in [0, 0.1) is 0 Å². The van der Waals surface area contributed by atoms with E-state index in [4.69, 9.17) is 22.3 Å². The van der Waals surface area contributed by atoms with Crippen LogP contribution in [0.2, 0.25) is 5.02 Å². The number of carbonyl (C=O) groups is 1. The minimum absolute atomic E-state index is 0.0870. The summed E-state index contributed by atoms with van der Waals surface area (Å²) in [5.41, 5.74) is 11.9. The monoisotopic (exact) mass is 544 g/mol. The Labute approximate surface area is 235 Å². The summed E-state index contributed by atoms with van der Waals surface area (Å²) in [6, 6.07) is 22.7. The van der Waals surface area contributed by atoms with Crippen molar-refractivity contribution in [1.82, 2.24) is 14.5 Å². The lowest BCUT2D eigenvalue weighted by Crippen LogP contribution is -2.44. The summed E-state index contributed by atoms with van der Waals surface area (Å²) in [7, 11) is 3.91. The smallest absolute Gasteiger partial charge is 0.240 e. The number of fused-ring (bicyclic) bond motifs is 1. The van der Waals surface area contributed by atoms with Gasteiger partial charge >= 0.3 is 0 Å². The van der Waals surface area contributed by atoms with Crippen molar-refractivity contribution < 1.29 is 4.79 Å². The number of rotatable bonds is 9. The van der Waals surface area contributed by atoms with E-state index in [2.05, 4.69) is 52.2 Å². The van der Waals surface area contributed by atoms with Gasteiger partial charge in [-0.2, -0.15) is 0 Å². The molecular formula is C31H37ClN6O. The third-order valence-corrected chi connectivity index (χ3v) is 8.12. The van der Waals surface area contributed by atoms with Crippen molar-refractivity contribution in [3.05, 3.63) is 88.7 Å². The van der Waals surface area contributed by atoms with Crippen LogP contribution in [0.5, 0.6) is 0 Å². The van der Waals surface area contributed by atoms with E-state index < -0.39 is 0 Å². The first-order valence-electron chi connectivity index (χ1n) is 13.6. The summed E-state index contributed by atoms with van der Waals surface area (Å²) in [4.78, 5) is 22.1. The van der Waals surface area contributed by atoms with Crippen LogP contribution >= 0.6 is 11.6 Å². The predicted octanol–water partition coefficient (Wildman–Crippen LogP) is 5.01. The number of likely N-dealkylation sites (N-methyl/N-ethyl adjacent to an activating group) is 1. The van der Waals surface area contributed by atoms with Crippen molar-refractivity contribution in [3.63, 3.8) is 0 Å². The van der Waals surface area contributed by atoms with Crippen molar-refractivity contribution in [2.75, 3.05) is 36.9 Å². The molecule has 1 amide bonds. The van der Waals surface area contributed by atoms with Gasteiger partial charge in [-0.05, 0) is 60.7 Å². The van der Waals surface area contributed by atoms with Gasteiger partial charge in [0.25, 0.3) is 0 Å². The third kappa shape index (κ3) is 6.44. The summed E-state index contributed by atoms with van der Waals surface area (Å²) >= 11 is 6.30. The Bertz CT molecular complexity index is 1430. The van der Waals surface area contributed by atoms with Crippen LogP contribution in [0.25, 0.3) is 11.0 Å². The molecule has 7 nitrogen and oxygen atoms in total. The fourth-order valence-corrected chi connectivity index (χ4v) is 5.43. The highest BCUT2D eigenvalue weighted by molar-refractivity contribution is 6.33. The van der Waals surface area contributed by atoms with Crippen molar-refractivity contribution in [3.8, 4) is 0 Å². The van der Waals surface area contributed by atoms with Gasteiger partial charge in [0, 0.05) is 51.9 Å². The SMILES string of the molecule is CN(C(=O)CN1CCC(Nc2ccccc2Cl)CC1)c1ccc2c(c1)nc(CCc1ccc(CN)cc1)n2C. The summed E-state index contributed by atoms with van der Waals surface area (Å²) in [6.07, 6.45) is 3.71. The van der Waals surface area contributed by atoms with Gasteiger partial charge in [-0.3, -0.25) is 9.69 Å². The van der Waals surface area contributed by atoms with Crippen LogP contribution < -0.4 is 16.0 Å². The van der Waals surface area contributed by atoms with Crippen molar-refractivity contribution >= 4 is 39.9 Å². The van der Waals surface area contributed by atoms with Gasteiger partial charge < -0.3 is 20.5 Å². The van der Waals surface area contributed by atoms with E-state index in [-0.39, 0.29) is 5.91 Å². The first-order chi connectivity index (χ1) is 18.9. The molecule has 0 radical (unpaired) electrons. The first kappa shape index (κ1) is 27.2. The number of piperidine rings is 1. The molecule has 2 heterocycles. The highest BCUT2D eigenvalue weighted by Crippen LogP contribution is 2.25. The quantitative estimate of drug-likeness (QED) is 0.310. The van der Waals surface area contributed by atoms with E-state index in [1.807, 2.05) is 43.4 Å². The zero-order valence-corrected chi connectivity index (χ0v) is 23.5. The second-order valence-corrected chi connectivity index (χ2v) is 10.8. The van der Waals surface area contributed by atoms with Crippen molar-refractivity contribution in [2.24, 2.45) is 12.8 Å². The van der Waals surface area contributed by atoms with Crippen molar-refractivity contribution in [1.29, 1.82) is 0 Å². The van der Waals surface area contributed by atoms with E-state index in [0.29, 0.717) is 19.1 Å². The summed E-state index contributed by atoms with van der Waals surface area (Å²) in [5, 5.41) is 4.29. The molecule has 5 rings (SSSR count). The number of para-hydroxylation sites is 1. The number of likely N-dealkylation sites (tertiary alicyclic amines) is 1. The molecule has 0 atom stereocenters. The average Bonchev–Trinajstić information content (AvgIpc) is 3.28. The number of aryl methyl sites for hydroxylation is 3. The van der Waals surface area contributed by atoms with E-state index in [9.17, 15) is 4.79 Å². The maximum absolute atomic E-state index is 13.2. The number of halogens is 1. The third-order valence-electron chi connectivity index (χ3n) is 7.79. The molecule has 4 aromatic rings. The second kappa shape index (κ2) is 12.2. The number of amides is 1. The van der Waals surface area contributed by atoms with E-state index >= 15 is 0 Å². The lowest BCUT2D eigenvalue weighted by molar-refractivity contribution is -0.119. The van der Waals surface area contributed by atoms with Gasteiger partial charge in [0.15, 0.2) is 0 Å². The number of imidazole rings is 1. The Hall–Kier alpha value is -3.39. The minimum atomic E-state index is 0.0870. The van der Waals surface area contributed by atoms with Crippen LogP contribution in [0.3, 0.4) is 0 Å². The second-order valence-electron chi connectivity index (χ2n) is 10.4. The average molecular weight is 545 g/mol. The number of benzene rings is 3. The van der Waals surface area contributed by atoms with E-state index in [1.165, 1.54) is 5.56 Å². The van der Waals surface area contributed by atoms with Gasteiger partial charge in [-0.1, -0.05) is 48.0 Å². The molecular weight excluding hydrogens is 508 g/mol. The fourth-order valence-electron chi connectivity index (χ4n) is 5.24. The molecule has 8 heteroatoms. The highest BCUT2D eigenvalue weighted by Gasteiger charge is 2.23. The largest absolute Gasteiger partial charge is 0.381 e. The van der Waals surface area contributed by atoms with Crippen LogP contribution in [-0.2, 0) is 31.2 Å². The normalized spacial score (nSPS) is 14.6. The number of nitrogens with zero attached hydrogens (tertiary/aromatic N) is 4. The molecule has 1 aliphatic rings. The summed E-state index contributed by atoms with van der Waals surface area (Å²) in [5.74, 6) is 1.12. The molecule has 0 saturated carbocycles. The number of aromatic nitrogens is 2. The first-order valence-corrected chi connectivity index (χ1v) is 14.0. The Balaban J connectivity index is 1.16. The van der Waals surface area contributed by atoms with Gasteiger partial charge in [0.2, 0.25) is 5.91 Å². The molecule has 0 unspecified atom stereocenters. The predicted molar refractivity (Wildman–Crippen MR) is 160 cm³/mol. The number of anilines is 2. The highest BCUT2D eigenvalue weighted by atomic mass is 35.5. The molecule has 1 aromatic heterocycles. The molecule has 0 spiro atoms. The van der Waals surface area contributed by atoms with Gasteiger partial charge in [-0.25, -0.2) is 4.98 Å². The number of hydrogen-bond donors (Lipinski definition) is 2. The molecule has 204 valence electrons. The maximum Gasteiger partial charge on any atom is 0.240 e. The van der Waals surface area contributed by atoms with Crippen molar-refractivity contribution in [2.45, 2.75) is 38.3 Å². The standard InChI is InChI=1S/C31H37ClN6O/c1-36(31(39)21-38-17-15-24(16-18-38)34-27-6-4-3-5-26(27)32)25-12-13-29-28(19-25)35-30(37(29)2)14-11-22-7-9-23(20-33)10-8-22/h3-10,12-13,19,24,34H,11,14-18,20-21,33H2,1-2H3. The Morgan fingerprint density at radius 3 is 2.49 bits per heavy atom. The summed E-state index contributed by atoms with van der Waals surface area (Å²) < 4.78 is 2.15. The number of nitrogens with two attached hydrogens (primary N) is 1. The zero-order valence-electron chi connectivity index (χ0n) is 22.7. The molecule has 1 aliphatic heterocycles. The molecule has 1 fully saturated rings. The maximum atomic E-state index is 13.2. The van der Waals surface area contributed by atoms with Crippen LogP contribution in [0.15, 0.2) is 66.7 Å². The Kier molecular flexibility index (Phi) is 8.50. The van der Waals surface area contributed by atoms with Crippen LogP contribution in [-0.4, -0.2) is 53.1 Å². The zero-order chi connectivity index (χ0) is 27.4. The number of carbonyl (C=O) groups excluding carboxylic acids is 1. The lowest BCUT2D eigenvalue weighted by atomic mass is 10.0. The number of hydrogen-bond acceptors (Lipinski definition) is 5. The lowest BCUT2D eigenvalue weighted by Gasteiger charge is -2.33. The minimum Gasteiger partial charge on any atom is -0.381 e. The molecule has 3 N–H and O–H groups in total. The van der Waals surface area contributed by atoms with Gasteiger partial charge in [0.05, 0.1) is 28.3 Å². The fraction of sp³-hybridized carbons (Fsp3) is 0.355. The van der Waals surface area contributed by atoms with Crippen LogP contribution in [0.1, 0.15) is 29.8 Å².